The molecule has 0 radical (unpaired) electrons. The monoisotopic (exact) mass is 232 g/mol. The fourth-order valence-corrected chi connectivity index (χ4v) is 2.84. The third-order valence-corrected chi connectivity index (χ3v) is 4.04. The molecule has 2 nitrogen and oxygen atoms in total. The van der Waals surface area contributed by atoms with Gasteiger partial charge in [-0.3, -0.25) is 4.90 Å². The Kier molecular flexibility index (Phi) is 4.57. The van der Waals surface area contributed by atoms with Crippen LogP contribution < -0.4 is 5.32 Å². The highest BCUT2D eigenvalue weighted by atomic mass is 15.2. The SMILES string of the molecule is CNCC1CCN(CCc2ccccc2)C1C. The summed E-state index contributed by atoms with van der Waals surface area (Å²) in [6.07, 6.45) is 2.52. The molecule has 0 bridgehead atoms. The van der Waals surface area contributed by atoms with E-state index in [9.17, 15) is 0 Å². The van der Waals surface area contributed by atoms with Crippen molar-refractivity contribution in [2.45, 2.75) is 25.8 Å². The lowest BCUT2D eigenvalue weighted by atomic mass is 10.0. The number of nitrogens with zero attached hydrogens (tertiary/aromatic N) is 1. The van der Waals surface area contributed by atoms with Gasteiger partial charge in [0, 0.05) is 12.6 Å². The van der Waals surface area contributed by atoms with Crippen molar-refractivity contribution >= 4 is 0 Å². The van der Waals surface area contributed by atoms with Crippen LogP contribution in [0, 0.1) is 5.92 Å². The first kappa shape index (κ1) is 12.6. The zero-order valence-electron chi connectivity index (χ0n) is 11.0. The highest BCUT2D eigenvalue weighted by Crippen LogP contribution is 2.23. The van der Waals surface area contributed by atoms with Crippen LogP contribution in [0.25, 0.3) is 0 Å². The van der Waals surface area contributed by atoms with Crippen LogP contribution in [0.15, 0.2) is 30.3 Å². The average molecular weight is 232 g/mol. The highest BCUT2D eigenvalue weighted by Gasteiger charge is 2.29. The summed E-state index contributed by atoms with van der Waals surface area (Å²) in [5.41, 5.74) is 1.46. The predicted molar refractivity (Wildman–Crippen MR) is 73.2 cm³/mol. The Morgan fingerprint density at radius 1 is 1.29 bits per heavy atom. The molecular weight excluding hydrogens is 208 g/mol. The van der Waals surface area contributed by atoms with Gasteiger partial charge in [0.2, 0.25) is 0 Å². The minimum Gasteiger partial charge on any atom is -0.319 e. The second-order valence-electron chi connectivity index (χ2n) is 5.12. The molecule has 1 heterocycles. The van der Waals surface area contributed by atoms with Gasteiger partial charge in [-0.2, -0.15) is 0 Å². The zero-order valence-corrected chi connectivity index (χ0v) is 11.0. The molecular formula is C15H24N2. The lowest BCUT2D eigenvalue weighted by Crippen LogP contribution is -2.34. The zero-order chi connectivity index (χ0) is 12.1. The number of hydrogen-bond acceptors (Lipinski definition) is 2. The van der Waals surface area contributed by atoms with E-state index in [4.69, 9.17) is 0 Å². The molecule has 0 amide bonds. The largest absolute Gasteiger partial charge is 0.319 e. The van der Waals surface area contributed by atoms with Gasteiger partial charge >= 0.3 is 0 Å². The van der Waals surface area contributed by atoms with Gasteiger partial charge in [-0.25, -0.2) is 0 Å². The Morgan fingerprint density at radius 2 is 2.06 bits per heavy atom. The first-order valence-electron chi connectivity index (χ1n) is 6.74. The van der Waals surface area contributed by atoms with Gasteiger partial charge in [-0.05, 0) is 51.4 Å². The molecule has 0 aliphatic carbocycles. The van der Waals surface area contributed by atoms with Crippen LogP contribution in [0.3, 0.4) is 0 Å². The normalized spacial score (nSPS) is 25.3. The Balaban J connectivity index is 1.81. The molecule has 1 aromatic rings. The molecule has 0 aromatic heterocycles. The number of rotatable bonds is 5. The first-order valence-corrected chi connectivity index (χ1v) is 6.74. The second kappa shape index (κ2) is 6.18. The highest BCUT2D eigenvalue weighted by molar-refractivity contribution is 5.15. The van der Waals surface area contributed by atoms with Crippen molar-refractivity contribution in [3.05, 3.63) is 35.9 Å². The van der Waals surface area contributed by atoms with Crippen LogP contribution in [0.5, 0.6) is 0 Å². The minimum atomic E-state index is 0.728. The summed E-state index contributed by atoms with van der Waals surface area (Å²) in [5.74, 6) is 0.829. The van der Waals surface area contributed by atoms with Crippen LogP contribution in [-0.4, -0.2) is 37.6 Å². The van der Waals surface area contributed by atoms with Crippen LogP contribution >= 0.6 is 0 Å². The molecule has 1 N–H and O–H groups in total. The standard InChI is InChI=1S/C15H24N2/c1-13-15(12-16-2)9-11-17(13)10-8-14-6-4-3-5-7-14/h3-7,13,15-16H,8-12H2,1-2H3. The molecule has 0 saturated carbocycles. The fraction of sp³-hybridized carbons (Fsp3) is 0.600. The van der Waals surface area contributed by atoms with Crippen molar-refractivity contribution in [1.29, 1.82) is 0 Å². The summed E-state index contributed by atoms with van der Waals surface area (Å²) < 4.78 is 0. The van der Waals surface area contributed by atoms with E-state index in [-0.39, 0.29) is 0 Å². The topological polar surface area (TPSA) is 15.3 Å². The summed E-state index contributed by atoms with van der Waals surface area (Å²) in [6, 6.07) is 11.5. The average Bonchev–Trinajstić information content (AvgIpc) is 2.70. The molecule has 2 heteroatoms. The quantitative estimate of drug-likeness (QED) is 0.837. The molecule has 1 fully saturated rings. The Bertz CT molecular complexity index is 323. The summed E-state index contributed by atoms with van der Waals surface area (Å²) in [7, 11) is 2.05. The third-order valence-electron chi connectivity index (χ3n) is 4.04. The summed E-state index contributed by atoms with van der Waals surface area (Å²) in [5, 5.41) is 3.31. The van der Waals surface area contributed by atoms with E-state index in [1.165, 1.54) is 31.5 Å². The van der Waals surface area contributed by atoms with Gasteiger partial charge in [0.05, 0.1) is 0 Å². The minimum absolute atomic E-state index is 0.728. The molecule has 1 aliphatic heterocycles. The summed E-state index contributed by atoms with van der Waals surface area (Å²) >= 11 is 0. The van der Waals surface area contributed by atoms with Crippen molar-refractivity contribution < 1.29 is 0 Å². The van der Waals surface area contributed by atoms with Gasteiger partial charge < -0.3 is 5.32 Å². The molecule has 94 valence electrons. The molecule has 0 spiro atoms. The van der Waals surface area contributed by atoms with E-state index in [2.05, 4.69) is 54.5 Å². The van der Waals surface area contributed by atoms with Crippen LogP contribution in [0.2, 0.25) is 0 Å². The van der Waals surface area contributed by atoms with Gasteiger partial charge in [0.25, 0.3) is 0 Å². The summed E-state index contributed by atoms with van der Waals surface area (Å²) in [6.45, 7) is 5.99. The molecule has 1 saturated heterocycles. The Hall–Kier alpha value is -0.860. The van der Waals surface area contributed by atoms with E-state index >= 15 is 0 Å². The number of hydrogen-bond donors (Lipinski definition) is 1. The van der Waals surface area contributed by atoms with E-state index in [0.29, 0.717) is 0 Å². The maximum absolute atomic E-state index is 3.31. The molecule has 2 rings (SSSR count). The van der Waals surface area contributed by atoms with Crippen LogP contribution in [0.4, 0.5) is 0 Å². The van der Waals surface area contributed by atoms with Crippen LogP contribution in [0.1, 0.15) is 18.9 Å². The van der Waals surface area contributed by atoms with Crippen molar-refractivity contribution in [2.24, 2.45) is 5.92 Å². The Labute approximate surface area is 105 Å². The van der Waals surface area contributed by atoms with E-state index in [0.717, 1.165) is 18.5 Å². The van der Waals surface area contributed by atoms with Gasteiger partial charge in [-0.15, -0.1) is 0 Å². The molecule has 2 unspecified atom stereocenters. The maximum Gasteiger partial charge on any atom is 0.0108 e. The van der Waals surface area contributed by atoms with E-state index < -0.39 is 0 Å². The number of likely N-dealkylation sites (tertiary alicyclic amines) is 1. The van der Waals surface area contributed by atoms with Crippen molar-refractivity contribution in [3.8, 4) is 0 Å². The molecule has 1 aliphatic rings. The maximum atomic E-state index is 3.31. The summed E-state index contributed by atoms with van der Waals surface area (Å²) in [4.78, 5) is 2.63. The van der Waals surface area contributed by atoms with Gasteiger partial charge in [-0.1, -0.05) is 30.3 Å². The van der Waals surface area contributed by atoms with Crippen molar-refractivity contribution in [3.63, 3.8) is 0 Å². The lowest BCUT2D eigenvalue weighted by Gasteiger charge is -2.24. The second-order valence-corrected chi connectivity index (χ2v) is 5.12. The molecule has 1 aromatic carbocycles. The van der Waals surface area contributed by atoms with Gasteiger partial charge in [0.15, 0.2) is 0 Å². The number of benzene rings is 1. The van der Waals surface area contributed by atoms with E-state index in [1.54, 1.807) is 0 Å². The van der Waals surface area contributed by atoms with Crippen LogP contribution in [-0.2, 0) is 6.42 Å². The fourth-order valence-electron chi connectivity index (χ4n) is 2.84. The third kappa shape index (κ3) is 3.30. The van der Waals surface area contributed by atoms with Gasteiger partial charge in [0.1, 0.15) is 0 Å². The van der Waals surface area contributed by atoms with Crippen molar-refractivity contribution in [2.75, 3.05) is 26.7 Å². The molecule has 17 heavy (non-hydrogen) atoms. The number of nitrogens with one attached hydrogen (secondary N) is 1. The smallest absolute Gasteiger partial charge is 0.0108 e. The lowest BCUT2D eigenvalue weighted by molar-refractivity contribution is 0.243. The first-order chi connectivity index (χ1) is 8.31. The predicted octanol–water partition coefficient (Wildman–Crippen LogP) is 2.16. The molecule has 2 atom stereocenters. The van der Waals surface area contributed by atoms with Crippen molar-refractivity contribution in [1.82, 2.24) is 10.2 Å². The van der Waals surface area contributed by atoms with E-state index in [1.807, 2.05) is 0 Å². The Morgan fingerprint density at radius 3 is 2.76 bits per heavy atom.